The summed E-state index contributed by atoms with van der Waals surface area (Å²) < 4.78 is 18.2. The van der Waals surface area contributed by atoms with Crippen molar-refractivity contribution in [1.29, 1.82) is 0 Å². The molecule has 1 aromatic carbocycles. The monoisotopic (exact) mass is 223 g/mol. The average molecular weight is 223 g/mol. The van der Waals surface area contributed by atoms with E-state index in [2.05, 4.69) is 0 Å². The summed E-state index contributed by atoms with van der Waals surface area (Å²) in [6, 6.07) is 6.67. The minimum atomic E-state index is -0.238. The first-order valence-electron chi connectivity index (χ1n) is 5.54. The Kier molecular flexibility index (Phi) is 2.76. The van der Waals surface area contributed by atoms with Gasteiger partial charge in [-0.3, -0.25) is 0 Å². The summed E-state index contributed by atoms with van der Waals surface area (Å²) in [4.78, 5) is 0. The lowest BCUT2D eigenvalue weighted by molar-refractivity contribution is -0.0719. The first-order valence-corrected chi connectivity index (χ1v) is 5.54. The van der Waals surface area contributed by atoms with E-state index >= 15 is 0 Å². The van der Waals surface area contributed by atoms with Crippen LogP contribution in [0.3, 0.4) is 0 Å². The zero-order chi connectivity index (χ0) is 11.8. The summed E-state index contributed by atoms with van der Waals surface area (Å²) in [5.41, 5.74) is 6.93. The average Bonchev–Trinajstić information content (AvgIpc) is 2.11. The highest BCUT2D eigenvalue weighted by Crippen LogP contribution is 2.38. The third kappa shape index (κ3) is 2.25. The highest BCUT2D eigenvalue weighted by Gasteiger charge is 2.43. The second kappa shape index (κ2) is 3.82. The van der Waals surface area contributed by atoms with Gasteiger partial charge in [0.15, 0.2) is 0 Å². The van der Waals surface area contributed by atoms with E-state index < -0.39 is 0 Å². The predicted molar refractivity (Wildman–Crippen MR) is 61.8 cm³/mol. The van der Waals surface area contributed by atoms with Crippen molar-refractivity contribution in [3.8, 4) is 0 Å². The van der Waals surface area contributed by atoms with Gasteiger partial charge in [0.25, 0.3) is 0 Å². The Hall–Kier alpha value is -0.930. The Balaban J connectivity index is 2.24. The Morgan fingerprint density at radius 1 is 1.31 bits per heavy atom. The van der Waals surface area contributed by atoms with Gasteiger partial charge >= 0.3 is 0 Å². The molecule has 0 spiro atoms. The summed E-state index contributed by atoms with van der Waals surface area (Å²) in [6.07, 6.45) is 0.853. The molecule has 0 aliphatic carbocycles. The number of nitrogens with two attached hydrogens (primary N) is 1. The molecule has 1 aliphatic heterocycles. The first kappa shape index (κ1) is 11.6. The fraction of sp³-hybridized carbons (Fsp3) is 0.538. The van der Waals surface area contributed by atoms with E-state index in [0.29, 0.717) is 13.2 Å². The number of rotatable bonds is 3. The first-order chi connectivity index (χ1) is 7.41. The van der Waals surface area contributed by atoms with Crippen LogP contribution in [0.25, 0.3) is 0 Å². The molecule has 1 aliphatic rings. The molecule has 0 bridgehead atoms. The van der Waals surface area contributed by atoms with Crippen LogP contribution in [0.15, 0.2) is 24.3 Å². The summed E-state index contributed by atoms with van der Waals surface area (Å²) in [5, 5.41) is 0. The Labute approximate surface area is 95.6 Å². The van der Waals surface area contributed by atoms with E-state index in [-0.39, 0.29) is 16.8 Å². The molecule has 2 N–H and O–H groups in total. The quantitative estimate of drug-likeness (QED) is 0.852. The molecule has 1 saturated heterocycles. The Morgan fingerprint density at radius 3 is 2.25 bits per heavy atom. The highest BCUT2D eigenvalue weighted by atomic mass is 19.1. The van der Waals surface area contributed by atoms with Gasteiger partial charge in [-0.25, -0.2) is 4.39 Å². The molecule has 1 heterocycles. The van der Waals surface area contributed by atoms with Crippen molar-refractivity contribution in [2.45, 2.75) is 31.2 Å². The largest absolute Gasteiger partial charge is 0.379 e. The van der Waals surface area contributed by atoms with Crippen LogP contribution in [0.5, 0.6) is 0 Å². The van der Waals surface area contributed by atoms with Gasteiger partial charge in [0.1, 0.15) is 5.82 Å². The van der Waals surface area contributed by atoms with E-state index in [1.165, 1.54) is 12.1 Å². The fourth-order valence-corrected chi connectivity index (χ4v) is 2.39. The molecule has 16 heavy (non-hydrogen) atoms. The standard InChI is InChI=1S/C13H18FNO/c1-12(2,15)7-13(8-16-9-13)10-3-5-11(14)6-4-10/h3-6H,7-9,15H2,1-2H3. The van der Waals surface area contributed by atoms with E-state index in [0.717, 1.165) is 12.0 Å². The number of ether oxygens (including phenoxy) is 1. The Morgan fingerprint density at radius 2 is 1.88 bits per heavy atom. The van der Waals surface area contributed by atoms with Crippen molar-refractivity contribution < 1.29 is 9.13 Å². The molecular weight excluding hydrogens is 205 g/mol. The van der Waals surface area contributed by atoms with Crippen LogP contribution in [-0.2, 0) is 10.2 Å². The van der Waals surface area contributed by atoms with E-state index in [4.69, 9.17) is 10.5 Å². The van der Waals surface area contributed by atoms with Crippen LogP contribution in [0, 0.1) is 5.82 Å². The van der Waals surface area contributed by atoms with Crippen LogP contribution < -0.4 is 5.73 Å². The molecular formula is C13H18FNO. The number of hydrogen-bond acceptors (Lipinski definition) is 2. The van der Waals surface area contributed by atoms with Gasteiger partial charge in [-0.2, -0.15) is 0 Å². The molecule has 2 rings (SSSR count). The molecule has 0 radical (unpaired) electrons. The molecule has 3 heteroatoms. The zero-order valence-electron chi connectivity index (χ0n) is 9.79. The highest BCUT2D eigenvalue weighted by molar-refractivity contribution is 5.29. The van der Waals surface area contributed by atoms with Gasteiger partial charge in [0, 0.05) is 11.0 Å². The third-order valence-electron chi connectivity index (χ3n) is 3.01. The van der Waals surface area contributed by atoms with E-state index in [1.54, 1.807) is 0 Å². The van der Waals surface area contributed by atoms with E-state index in [1.807, 2.05) is 26.0 Å². The van der Waals surface area contributed by atoms with Crippen LogP contribution >= 0.6 is 0 Å². The SMILES string of the molecule is CC(C)(N)CC1(c2ccc(F)cc2)COC1. The molecule has 0 amide bonds. The maximum absolute atomic E-state index is 12.9. The number of halogens is 1. The lowest BCUT2D eigenvalue weighted by atomic mass is 9.71. The molecule has 1 aromatic rings. The number of benzene rings is 1. The fourth-order valence-electron chi connectivity index (χ4n) is 2.39. The second-order valence-electron chi connectivity index (χ2n) is 5.45. The van der Waals surface area contributed by atoms with Crippen molar-refractivity contribution in [2.24, 2.45) is 5.73 Å². The minimum Gasteiger partial charge on any atom is -0.379 e. The minimum absolute atomic E-state index is 0.0219. The Bertz CT molecular complexity index is 363. The summed E-state index contributed by atoms with van der Waals surface area (Å²) >= 11 is 0. The summed E-state index contributed by atoms with van der Waals surface area (Å²) in [7, 11) is 0. The molecule has 1 fully saturated rings. The maximum atomic E-state index is 12.9. The normalized spacial score (nSPS) is 19.2. The lowest BCUT2D eigenvalue weighted by Crippen LogP contribution is -2.53. The van der Waals surface area contributed by atoms with Gasteiger partial charge in [-0.05, 0) is 38.0 Å². The van der Waals surface area contributed by atoms with Crippen molar-refractivity contribution in [1.82, 2.24) is 0 Å². The summed E-state index contributed by atoms with van der Waals surface area (Å²) in [6.45, 7) is 5.38. The van der Waals surface area contributed by atoms with Gasteiger partial charge in [0.05, 0.1) is 13.2 Å². The third-order valence-corrected chi connectivity index (χ3v) is 3.01. The van der Waals surface area contributed by atoms with Crippen LogP contribution in [0.4, 0.5) is 4.39 Å². The van der Waals surface area contributed by atoms with Crippen molar-refractivity contribution in [3.05, 3.63) is 35.6 Å². The molecule has 2 nitrogen and oxygen atoms in total. The predicted octanol–water partition coefficient (Wildman–Crippen LogP) is 2.22. The molecule has 88 valence electrons. The molecule has 0 atom stereocenters. The topological polar surface area (TPSA) is 35.2 Å². The molecule has 0 unspecified atom stereocenters. The van der Waals surface area contributed by atoms with E-state index in [9.17, 15) is 4.39 Å². The maximum Gasteiger partial charge on any atom is 0.123 e. The van der Waals surface area contributed by atoms with Gasteiger partial charge in [-0.1, -0.05) is 12.1 Å². The smallest absolute Gasteiger partial charge is 0.123 e. The number of hydrogen-bond donors (Lipinski definition) is 1. The second-order valence-corrected chi connectivity index (χ2v) is 5.45. The van der Waals surface area contributed by atoms with Crippen molar-refractivity contribution in [3.63, 3.8) is 0 Å². The molecule has 0 saturated carbocycles. The van der Waals surface area contributed by atoms with Gasteiger partial charge in [0.2, 0.25) is 0 Å². The van der Waals surface area contributed by atoms with Crippen LogP contribution in [0.2, 0.25) is 0 Å². The molecule has 0 aromatic heterocycles. The summed E-state index contributed by atoms with van der Waals surface area (Å²) in [5.74, 6) is -0.203. The van der Waals surface area contributed by atoms with Crippen LogP contribution in [0.1, 0.15) is 25.8 Å². The van der Waals surface area contributed by atoms with Crippen molar-refractivity contribution in [2.75, 3.05) is 13.2 Å². The van der Waals surface area contributed by atoms with Crippen LogP contribution in [-0.4, -0.2) is 18.8 Å². The lowest BCUT2D eigenvalue weighted by Gasteiger charge is -2.45. The van der Waals surface area contributed by atoms with Gasteiger partial charge in [-0.15, -0.1) is 0 Å². The van der Waals surface area contributed by atoms with Crippen molar-refractivity contribution >= 4 is 0 Å². The zero-order valence-corrected chi connectivity index (χ0v) is 9.79. The van der Waals surface area contributed by atoms with Gasteiger partial charge < -0.3 is 10.5 Å².